The number of fused-ring (bicyclic) bond motifs is 3. The van der Waals surface area contributed by atoms with E-state index >= 15 is 0 Å². The zero-order valence-corrected chi connectivity index (χ0v) is 15.0. The summed E-state index contributed by atoms with van der Waals surface area (Å²) in [4.78, 5) is 23.8. The number of carbonyl (C=O) groups excluding carboxylic acids is 1. The minimum atomic E-state index is -0.613. The van der Waals surface area contributed by atoms with Crippen LogP contribution in [0.2, 0.25) is 0 Å². The Balaban J connectivity index is 2.37. The van der Waals surface area contributed by atoms with Gasteiger partial charge in [-0.1, -0.05) is 0 Å². The second-order valence-corrected chi connectivity index (χ2v) is 5.49. The molecule has 0 radical (unpaired) electrons. The molecule has 0 bridgehead atoms. The lowest BCUT2D eigenvalue weighted by Crippen LogP contribution is -2.09. The maximum Gasteiger partial charge on any atom is 0.344 e. The molecule has 0 aliphatic heterocycles. The van der Waals surface area contributed by atoms with Gasteiger partial charge in [0.15, 0.2) is 11.5 Å². The van der Waals surface area contributed by atoms with Crippen molar-refractivity contribution in [2.45, 2.75) is 0 Å². The van der Waals surface area contributed by atoms with Crippen molar-refractivity contribution in [3.05, 3.63) is 34.7 Å². The van der Waals surface area contributed by atoms with Gasteiger partial charge in [-0.05, 0) is 18.2 Å². The maximum absolute atomic E-state index is 12.5. The third-order valence-electron chi connectivity index (χ3n) is 3.82. The van der Waals surface area contributed by atoms with Crippen molar-refractivity contribution < 1.29 is 28.2 Å². The number of hydrogen-bond acceptors (Lipinski definition) is 7. The van der Waals surface area contributed by atoms with Crippen LogP contribution in [0.1, 0.15) is 0 Å². The van der Waals surface area contributed by atoms with Crippen LogP contribution < -0.4 is 24.6 Å². The number of methoxy groups -OCH3 is 3. The van der Waals surface area contributed by atoms with Crippen LogP contribution in [0.15, 0.2) is 33.5 Å². The van der Waals surface area contributed by atoms with Crippen molar-refractivity contribution in [1.82, 2.24) is 0 Å². The fraction of sp³-hybridized carbons (Fsp3) is 0.222. The molecule has 8 heteroatoms. The molecule has 136 valence electrons. The van der Waals surface area contributed by atoms with Gasteiger partial charge in [0, 0.05) is 16.8 Å². The molecule has 3 rings (SSSR count). The zero-order valence-electron chi connectivity index (χ0n) is 14.3. The number of ether oxygens (including phenoxy) is 4. The summed E-state index contributed by atoms with van der Waals surface area (Å²) in [6.07, 6.45) is 0. The average Bonchev–Trinajstić information content (AvgIpc) is 2.66. The predicted molar refractivity (Wildman–Crippen MR) is 96.0 cm³/mol. The number of alkyl halides is 1. The van der Waals surface area contributed by atoms with Crippen LogP contribution in [0.5, 0.6) is 23.0 Å². The fourth-order valence-electron chi connectivity index (χ4n) is 2.76. The molecule has 0 atom stereocenters. The lowest BCUT2D eigenvalue weighted by atomic mass is 10.0. The molecule has 0 saturated heterocycles. The first-order valence-corrected chi connectivity index (χ1v) is 8.03. The van der Waals surface area contributed by atoms with E-state index in [2.05, 4.69) is 0 Å². The van der Waals surface area contributed by atoms with Crippen molar-refractivity contribution >= 4 is 39.3 Å². The number of esters is 1. The molecule has 26 heavy (non-hydrogen) atoms. The van der Waals surface area contributed by atoms with E-state index in [1.54, 1.807) is 12.1 Å². The normalized spacial score (nSPS) is 10.8. The second kappa shape index (κ2) is 7.13. The number of rotatable bonds is 5. The molecule has 1 aromatic heterocycles. The molecule has 0 unspecified atom stereocenters. The molecule has 0 saturated carbocycles. The van der Waals surface area contributed by atoms with Crippen LogP contribution >= 0.6 is 11.6 Å². The molecular weight excluding hydrogens is 364 g/mol. The number of hydrogen-bond donors (Lipinski definition) is 0. The highest BCUT2D eigenvalue weighted by atomic mass is 35.5. The van der Waals surface area contributed by atoms with Gasteiger partial charge >= 0.3 is 11.6 Å². The van der Waals surface area contributed by atoms with Crippen LogP contribution in [-0.2, 0) is 4.79 Å². The van der Waals surface area contributed by atoms with E-state index in [-0.39, 0.29) is 22.6 Å². The van der Waals surface area contributed by atoms with Crippen molar-refractivity contribution in [1.29, 1.82) is 0 Å². The highest BCUT2D eigenvalue weighted by molar-refractivity contribution is 6.26. The van der Waals surface area contributed by atoms with Gasteiger partial charge in [-0.3, -0.25) is 4.79 Å². The minimum absolute atomic E-state index is 0.213. The van der Waals surface area contributed by atoms with Crippen LogP contribution in [0.25, 0.3) is 21.7 Å². The molecule has 0 aliphatic carbocycles. The summed E-state index contributed by atoms with van der Waals surface area (Å²) in [5.74, 6) is 0.349. The Morgan fingerprint density at radius 3 is 2.38 bits per heavy atom. The SMILES string of the molecule is COc1cc2c(=O)oc3cc(OC(=O)CCl)ccc3c2c(OC)c1OC. The molecule has 7 nitrogen and oxygen atoms in total. The van der Waals surface area contributed by atoms with Gasteiger partial charge in [0.05, 0.1) is 26.7 Å². The zero-order chi connectivity index (χ0) is 18.8. The van der Waals surface area contributed by atoms with E-state index in [0.29, 0.717) is 28.0 Å². The first kappa shape index (κ1) is 17.9. The maximum atomic E-state index is 12.5. The van der Waals surface area contributed by atoms with Gasteiger partial charge < -0.3 is 23.4 Å². The molecular formula is C18H15ClO7. The van der Waals surface area contributed by atoms with E-state index in [4.69, 9.17) is 35.0 Å². The molecule has 1 heterocycles. The average molecular weight is 379 g/mol. The Morgan fingerprint density at radius 1 is 1.04 bits per heavy atom. The Hall–Kier alpha value is -2.93. The minimum Gasteiger partial charge on any atom is -0.493 e. The lowest BCUT2D eigenvalue weighted by molar-refractivity contribution is -0.131. The summed E-state index contributed by atoms with van der Waals surface area (Å²) in [5.41, 5.74) is -0.361. The molecule has 0 N–H and O–H groups in total. The smallest absolute Gasteiger partial charge is 0.344 e. The van der Waals surface area contributed by atoms with Crippen LogP contribution in [0.3, 0.4) is 0 Å². The van der Waals surface area contributed by atoms with Gasteiger partial charge in [0.25, 0.3) is 0 Å². The fourth-order valence-corrected chi connectivity index (χ4v) is 2.81. The van der Waals surface area contributed by atoms with Gasteiger partial charge in [-0.25, -0.2) is 4.79 Å². The van der Waals surface area contributed by atoms with Crippen LogP contribution in [0.4, 0.5) is 0 Å². The third-order valence-corrected chi connectivity index (χ3v) is 4.03. The molecule has 2 aromatic carbocycles. The van der Waals surface area contributed by atoms with Gasteiger partial charge in [-0.15, -0.1) is 11.6 Å². The number of halogens is 1. The highest BCUT2D eigenvalue weighted by Gasteiger charge is 2.21. The molecule has 0 spiro atoms. The van der Waals surface area contributed by atoms with E-state index < -0.39 is 11.6 Å². The number of benzene rings is 2. The monoisotopic (exact) mass is 378 g/mol. The number of carbonyl (C=O) groups is 1. The summed E-state index contributed by atoms with van der Waals surface area (Å²) in [7, 11) is 4.40. The molecule has 0 fully saturated rings. The second-order valence-electron chi connectivity index (χ2n) is 5.22. The standard InChI is InChI=1S/C18H15ClO7/c1-22-13-7-11-15(17(24-3)16(13)23-2)10-5-4-9(25-14(20)8-19)6-12(10)26-18(11)21/h4-7H,8H2,1-3H3. The van der Waals surface area contributed by atoms with Crippen molar-refractivity contribution in [3.63, 3.8) is 0 Å². The Kier molecular flexibility index (Phi) is 4.90. The first-order chi connectivity index (χ1) is 12.5. The van der Waals surface area contributed by atoms with E-state index in [9.17, 15) is 9.59 Å². The Bertz CT molecular complexity index is 1060. The van der Waals surface area contributed by atoms with Gasteiger partial charge in [-0.2, -0.15) is 0 Å². The highest BCUT2D eigenvalue weighted by Crippen LogP contribution is 2.45. The van der Waals surface area contributed by atoms with E-state index in [1.807, 2.05) is 0 Å². The summed E-state index contributed by atoms with van der Waals surface area (Å²) in [6.45, 7) is 0. The molecule has 3 aromatic rings. The summed E-state index contributed by atoms with van der Waals surface area (Å²) in [5, 5.41) is 1.37. The predicted octanol–water partition coefficient (Wildman–Crippen LogP) is 3.12. The summed E-state index contributed by atoms with van der Waals surface area (Å²) < 4.78 is 26.6. The summed E-state index contributed by atoms with van der Waals surface area (Å²) in [6, 6.07) is 6.20. The topological polar surface area (TPSA) is 84.2 Å². The largest absolute Gasteiger partial charge is 0.493 e. The Morgan fingerprint density at radius 2 is 1.77 bits per heavy atom. The Labute approximate surface area is 153 Å². The van der Waals surface area contributed by atoms with Crippen LogP contribution in [-0.4, -0.2) is 33.2 Å². The first-order valence-electron chi connectivity index (χ1n) is 7.50. The van der Waals surface area contributed by atoms with Crippen molar-refractivity contribution in [2.24, 2.45) is 0 Å². The third kappa shape index (κ3) is 2.90. The van der Waals surface area contributed by atoms with E-state index in [0.717, 1.165) is 0 Å². The lowest BCUT2D eigenvalue weighted by Gasteiger charge is -2.15. The van der Waals surface area contributed by atoms with Gasteiger partial charge in [0.2, 0.25) is 5.75 Å². The van der Waals surface area contributed by atoms with Crippen LogP contribution in [0, 0.1) is 0 Å². The van der Waals surface area contributed by atoms with Gasteiger partial charge in [0.1, 0.15) is 17.2 Å². The van der Waals surface area contributed by atoms with Crippen molar-refractivity contribution in [2.75, 3.05) is 27.2 Å². The van der Waals surface area contributed by atoms with E-state index in [1.165, 1.54) is 33.5 Å². The molecule has 0 aliphatic rings. The summed E-state index contributed by atoms with van der Waals surface area (Å²) >= 11 is 5.43. The van der Waals surface area contributed by atoms with Crippen molar-refractivity contribution in [3.8, 4) is 23.0 Å². The molecule has 0 amide bonds. The quantitative estimate of drug-likeness (QED) is 0.222.